The first kappa shape index (κ1) is 42.4. The number of hydrogen-bond donors (Lipinski definition) is 5. The normalized spacial score (nSPS) is 20.2. The Hall–Kier alpha value is -4.75. The predicted octanol–water partition coefficient (Wildman–Crippen LogP) is 4.52. The van der Waals surface area contributed by atoms with E-state index in [-0.39, 0.29) is 60.3 Å². The van der Waals surface area contributed by atoms with Crippen LogP contribution in [0.2, 0.25) is 0 Å². The van der Waals surface area contributed by atoms with Gasteiger partial charge in [-0.25, -0.2) is 0 Å². The molecular formula is C42H60N6O8. The third-order valence-corrected chi connectivity index (χ3v) is 11.2. The van der Waals surface area contributed by atoms with E-state index in [0.29, 0.717) is 19.4 Å². The Bertz CT molecular complexity index is 1660. The zero-order valence-electron chi connectivity index (χ0n) is 33.3. The van der Waals surface area contributed by atoms with Crippen molar-refractivity contribution in [1.29, 1.82) is 0 Å². The van der Waals surface area contributed by atoms with Crippen LogP contribution in [0.5, 0.6) is 5.88 Å². The average Bonchev–Trinajstić information content (AvgIpc) is 3.67. The van der Waals surface area contributed by atoms with E-state index in [9.17, 15) is 28.8 Å². The summed E-state index contributed by atoms with van der Waals surface area (Å²) in [5, 5.41) is 18.3. The van der Waals surface area contributed by atoms with E-state index in [0.717, 1.165) is 69.8 Å². The van der Waals surface area contributed by atoms with Gasteiger partial charge in [0.2, 0.25) is 29.3 Å². The molecule has 5 atom stereocenters. The van der Waals surface area contributed by atoms with Gasteiger partial charge in [-0.2, -0.15) is 0 Å². The number of ether oxygens (including phenoxy) is 1. The van der Waals surface area contributed by atoms with Crippen molar-refractivity contribution in [3.05, 3.63) is 47.7 Å². The van der Waals surface area contributed by atoms with Gasteiger partial charge in [-0.3, -0.25) is 28.8 Å². The van der Waals surface area contributed by atoms with E-state index in [2.05, 4.69) is 31.7 Å². The summed E-state index contributed by atoms with van der Waals surface area (Å²) in [6.45, 7) is 8.09. The number of hydrogen-bond acceptors (Lipinski definition) is 9. The molecule has 56 heavy (non-hydrogen) atoms. The number of Topliss-reactive ketones (excluding diaryl/α,β-unsaturated/α-hetero) is 1. The van der Waals surface area contributed by atoms with Crippen LogP contribution in [0.15, 0.2) is 40.9 Å². The molecule has 3 fully saturated rings. The third-order valence-electron chi connectivity index (χ3n) is 11.2. The Morgan fingerprint density at radius 3 is 2.25 bits per heavy atom. The number of amides is 5. The molecule has 0 unspecified atom stereocenters. The molecule has 0 aliphatic heterocycles. The summed E-state index contributed by atoms with van der Waals surface area (Å²) in [5.74, 6) is -2.98. The fourth-order valence-electron chi connectivity index (χ4n) is 7.83. The third kappa shape index (κ3) is 12.4. The van der Waals surface area contributed by atoms with Gasteiger partial charge in [0.15, 0.2) is 0 Å². The molecular weight excluding hydrogens is 716 g/mol. The van der Waals surface area contributed by atoms with E-state index in [4.69, 9.17) is 9.26 Å². The topological polar surface area (TPSA) is 198 Å². The van der Waals surface area contributed by atoms with Crippen molar-refractivity contribution >= 4 is 35.3 Å². The fraction of sp³-hybridized carbons (Fsp3) is 0.643. The summed E-state index contributed by atoms with van der Waals surface area (Å²) in [6, 6.07) is 8.30. The molecule has 14 nitrogen and oxygen atoms in total. The number of benzene rings is 1. The fourth-order valence-corrected chi connectivity index (χ4v) is 7.83. The van der Waals surface area contributed by atoms with Gasteiger partial charge in [-0.15, -0.1) is 0 Å². The summed E-state index contributed by atoms with van der Waals surface area (Å²) >= 11 is 0. The summed E-state index contributed by atoms with van der Waals surface area (Å²) in [5.41, 5.74) is 0.263. The summed E-state index contributed by atoms with van der Waals surface area (Å²) < 4.78 is 11.0. The molecule has 3 saturated carbocycles. The van der Waals surface area contributed by atoms with Gasteiger partial charge in [-0.05, 0) is 78.8 Å². The molecule has 1 aromatic carbocycles. The smallest absolute Gasteiger partial charge is 0.290 e. The molecule has 0 spiro atoms. The minimum atomic E-state index is -0.910. The zero-order chi connectivity index (χ0) is 40.2. The summed E-state index contributed by atoms with van der Waals surface area (Å²) in [7, 11) is 0. The van der Waals surface area contributed by atoms with Crippen molar-refractivity contribution in [3.63, 3.8) is 0 Å². The molecule has 306 valence electrons. The van der Waals surface area contributed by atoms with Crippen molar-refractivity contribution in [3.8, 4) is 5.88 Å². The lowest BCUT2D eigenvalue weighted by molar-refractivity contribution is -0.140. The molecule has 0 saturated heterocycles. The maximum atomic E-state index is 14.1. The molecule has 5 N–H and O–H groups in total. The first-order valence-electron chi connectivity index (χ1n) is 20.5. The number of carbonyl (C=O) groups excluding carboxylic acids is 6. The lowest BCUT2D eigenvalue weighted by Crippen LogP contribution is -2.59. The SMILES string of the molecule is CCC[C@H](NC(=O)C[C@H]1CCC[C@H]1CNC(=O)[C@@H](NC(=O)[C@@H](NC(=O)c1cc(OCc2ccccc2)no1)C1CCCCC1)C(C)(C)C)C(=O)C(=O)NC1CC1. The highest BCUT2D eigenvalue weighted by Gasteiger charge is 2.39. The van der Waals surface area contributed by atoms with Crippen molar-refractivity contribution < 1.29 is 38.0 Å². The highest BCUT2D eigenvalue weighted by Crippen LogP contribution is 2.34. The molecule has 0 bridgehead atoms. The molecule has 3 aliphatic carbocycles. The van der Waals surface area contributed by atoms with Crippen LogP contribution in [-0.2, 0) is 30.6 Å². The van der Waals surface area contributed by atoms with Crippen LogP contribution in [0, 0.1) is 23.2 Å². The summed E-state index contributed by atoms with van der Waals surface area (Å²) in [6.07, 6.45) is 9.87. The van der Waals surface area contributed by atoms with E-state index >= 15 is 0 Å². The number of carbonyl (C=O) groups is 6. The van der Waals surface area contributed by atoms with Gasteiger partial charge in [-0.1, -0.05) is 90.1 Å². The monoisotopic (exact) mass is 776 g/mol. The molecule has 2 aromatic rings. The largest absolute Gasteiger partial charge is 0.471 e. The quantitative estimate of drug-likeness (QED) is 0.127. The van der Waals surface area contributed by atoms with Crippen molar-refractivity contribution in [2.75, 3.05) is 6.54 Å². The van der Waals surface area contributed by atoms with Crippen molar-refractivity contribution in [2.24, 2.45) is 23.2 Å². The van der Waals surface area contributed by atoms with Gasteiger partial charge in [0.25, 0.3) is 17.7 Å². The van der Waals surface area contributed by atoms with Crippen molar-refractivity contribution in [2.45, 2.75) is 142 Å². The van der Waals surface area contributed by atoms with Crippen LogP contribution < -0.4 is 31.3 Å². The Kier molecular flexibility index (Phi) is 15.1. The number of aromatic nitrogens is 1. The highest BCUT2D eigenvalue weighted by atomic mass is 16.5. The van der Waals surface area contributed by atoms with Gasteiger partial charge in [0.05, 0.1) is 12.1 Å². The first-order chi connectivity index (χ1) is 26.8. The predicted molar refractivity (Wildman–Crippen MR) is 208 cm³/mol. The lowest BCUT2D eigenvalue weighted by atomic mass is 9.82. The molecule has 3 aliphatic rings. The van der Waals surface area contributed by atoms with E-state index in [1.165, 1.54) is 6.07 Å². The number of rotatable bonds is 19. The second-order valence-corrected chi connectivity index (χ2v) is 16.9. The lowest BCUT2D eigenvalue weighted by Gasteiger charge is -2.35. The van der Waals surface area contributed by atoms with Crippen LogP contribution in [0.4, 0.5) is 0 Å². The summed E-state index contributed by atoms with van der Waals surface area (Å²) in [4.78, 5) is 79.7. The van der Waals surface area contributed by atoms with E-state index in [1.54, 1.807) is 0 Å². The van der Waals surface area contributed by atoms with E-state index < -0.39 is 47.0 Å². The molecule has 1 aromatic heterocycles. The van der Waals surface area contributed by atoms with Gasteiger partial charge in [0.1, 0.15) is 18.7 Å². The van der Waals surface area contributed by atoms with Crippen LogP contribution in [0.25, 0.3) is 0 Å². The molecule has 5 rings (SSSR count). The molecule has 1 heterocycles. The minimum absolute atomic E-state index is 0.0121. The maximum absolute atomic E-state index is 14.1. The number of nitrogens with zero attached hydrogens (tertiary/aromatic N) is 1. The zero-order valence-corrected chi connectivity index (χ0v) is 33.3. The minimum Gasteiger partial charge on any atom is -0.471 e. The number of nitrogens with one attached hydrogen (secondary N) is 5. The van der Waals surface area contributed by atoms with E-state index in [1.807, 2.05) is 58.0 Å². The number of ketones is 1. The Morgan fingerprint density at radius 1 is 0.857 bits per heavy atom. The van der Waals surface area contributed by atoms with Crippen molar-refractivity contribution in [1.82, 2.24) is 31.7 Å². The highest BCUT2D eigenvalue weighted by molar-refractivity contribution is 6.38. The first-order valence-corrected chi connectivity index (χ1v) is 20.5. The van der Waals surface area contributed by atoms with Gasteiger partial charge >= 0.3 is 0 Å². The Morgan fingerprint density at radius 2 is 1.57 bits per heavy atom. The van der Waals surface area contributed by atoms with Gasteiger partial charge < -0.3 is 35.8 Å². The second kappa shape index (κ2) is 19.9. The molecule has 0 radical (unpaired) electrons. The maximum Gasteiger partial charge on any atom is 0.290 e. The molecule has 14 heteroatoms. The van der Waals surface area contributed by atoms with Crippen LogP contribution in [0.3, 0.4) is 0 Å². The average molecular weight is 777 g/mol. The van der Waals surface area contributed by atoms with Gasteiger partial charge in [0, 0.05) is 19.0 Å². The van der Waals surface area contributed by atoms with Crippen LogP contribution >= 0.6 is 0 Å². The second-order valence-electron chi connectivity index (χ2n) is 16.9. The van der Waals surface area contributed by atoms with Crippen LogP contribution in [0.1, 0.15) is 127 Å². The Balaban J connectivity index is 1.17. The van der Waals surface area contributed by atoms with Crippen LogP contribution in [-0.4, -0.2) is 71.2 Å². The standard InChI is InChI=1S/C42H60N6O8/c1-5-13-31(36(50)40(53)44-30-20-21-30)45-33(49)22-28-18-12-19-29(28)24-43-41(54)37(42(2,3)4)47-39(52)35(27-16-10-7-11-17-27)46-38(51)32-23-34(48-56-32)55-25-26-14-8-6-9-15-26/h6,8-9,14-15,23,27-31,35,37H,5,7,10-13,16-22,24-25H2,1-4H3,(H,43,54)(H,44,53)(H,45,49)(H,46,51)(H,47,52)/t28-,29+,31+,35+,37-/m1/s1. The molecule has 5 amide bonds. The Labute approximate surface area is 329 Å².